The van der Waals surface area contributed by atoms with Crippen molar-refractivity contribution in [3.63, 3.8) is 0 Å². The van der Waals surface area contributed by atoms with E-state index in [2.05, 4.69) is 86.8 Å². The van der Waals surface area contributed by atoms with Crippen LogP contribution in [0.5, 0.6) is 0 Å². The van der Waals surface area contributed by atoms with Crippen molar-refractivity contribution in [1.29, 1.82) is 0 Å². The molecule has 1 fully saturated rings. The Morgan fingerprint density at radius 1 is 0.471 bits per heavy atom. The molecule has 1 aliphatic heterocycles. The quantitative estimate of drug-likeness (QED) is 0.0260. The van der Waals surface area contributed by atoms with E-state index in [-0.39, 0.29) is 19.4 Å². The van der Waals surface area contributed by atoms with Crippen LogP contribution in [0.25, 0.3) is 0 Å². The summed E-state index contributed by atoms with van der Waals surface area (Å²) in [4.78, 5) is 37.1. The number of unbranched alkanes of at least 4 members (excludes halogenated alkanes) is 22. The standard InChI is InChI=1S/C57H96O11/c1-3-5-7-9-11-13-15-17-19-21-23-24-25-26-28-29-31-33-35-37-39-41-43-45-50(58)65-47-49(48-66-57-54(62)52(60)53(61)55(68-57)56(63)64)67-51(59)46-44-42-40-38-36-34-32-30-27-22-20-18-16-14-12-10-8-6-4-2/h5,7,11-14,17-20,23-24,49,52-55,57,60-62H,3-4,6,8-10,15-16,21-22,25-48H2,1-2H3,(H,63,64)/b7-5-,13-11-,14-12-,19-17-,20-18-,24-23-. The number of hydrogen-bond acceptors (Lipinski definition) is 10. The second kappa shape index (κ2) is 46.1. The smallest absolute Gasteiger partial charge is 0.335 e. The van der Waals surface area contributed by atoms with Gasteiger partial charge < -0.3 is 39.4 Å². The van der Waals surface area contributed by atoms with Crippen molar-refractivity contribution < 1.29 is 53.8 Å². The number of hydrogen-bond donors (Lipinski definition) is 4. The molecule has 0 bridgehead atoms. The van der Waals surface area contributed by atoms with Gasteiger partial charge in [-0.1, -0.05) is 196 Å². The molecule has 0 aliphatic carbocycles. The molecule has 390 valence electrons. The zero-order valence-corrected chi connectivity index (χ0v) is 42.6. The summed E-state index contributed by atoms with van der Waals surface area (Å²) >= 11 is 0. The highest BCUT2D eigenvalue weighted by Crippen LogP contribution is 2.23. The minimum atomic E-state index is -1.87. The Balaban J connectivity index is 2.28. The van der Waals surface area contributed by atoms with E-state index in [1.807, 2.05) is 0 Å². The van der Waals surface area contributed by atoms with Crippen LogP contribution in [0.2, 0.25) is 0 Å². The molecule has 0 spiro atoms. The number of allylic oxidation sites excluding steroid dienone is 12. The lowest BCUT2D eigenvalue weighted by Crippen LogP contribution is -2.60. The Kier molecular flexibility index (Phi) is 42.4. The summed E-state index contributed by atoms with van der Waals surface area (Å²) in [5, 5.41) is 40.0. The monoisotopic (exact) mass is 957 g/mol. The maximum atomic E-state index is 12.9. The zero-order chi connectivity index (χ0) is 49.6. The number of aliphatic hydroxyl groups excluding tert-OH is 3. The normalized spacial score (nSPS) is 19.5. The maximum Gasteiger partial charge on any atom is 0.335 e. The van der Waals surface area contributed by atoms with Crippen LogP contribution in [0.3, 0.4) is 0 Å². The highest BCUT2D eigenvalue weighted by atomic mass is 16.7. The Morgan fingerprint density at radius 2 is 0.868 bits per heavy atom. The molecule has 4 N–H and O–H groups in total. The fourth-order valence-corrected chi connectivity index (χ4v) is 7.84. The fourth-order valence-electron chi connectivity index (χ4n) is 7.84. The van der Waals surface area contributed by atoms with E-state index in [4.69, 9.17) is 18.9 Å². The molecular weight excluding hydrogens is 861 g/mol. The summed E-state index contributed by atoms with van der Waals surface area (Å²) in [6.45, 7) is 3.69. The van der Waals surface area contributed by atoms with Gasteiger partial charge >= 0.3 is 17.9 Å². The molecule has 1 rings (SSSR count). The number of carbonyl (C=O) groups excluding carboxylic acids is 2. The lowest BCUT2D eigenvalue weighted by atomic mass is 9.99. The SMILES string of the molecule is CC/C=C\C/C=C\C/C=C\C/C=C\CCCCCCCCCCCCC(=O)OCC(COC1OC(C(=O)O)C(O)C(O)C1O)OC(=O)CCCCCCCCCCC/C=C\C/C=C\CCCCC. The Bertz CT molecular complexity index is 1400. The van der Waals surface area contributed by atoms with Crippen molar-refractivity contribution >= 4 is 17.9 Å². The number of rotatable bonds is 45. The topological polar surface area (TPSA) is 169 Å². The molecule has 1 aliphatic rings. The predicted molar refractivity (Wildman–Crippen MR) is 275 cm³/mol. The van der Waals surface area contributed by atoms with Gasteiger partial charge in [-0.05, 0) is 83.5 Å². The number of carboxylic acids is 1. The van der Waals surface area contributed by atoms with E-state index < -0.39 is 61.3 Å². The molecule has 0 saturated carbocycles. The molecule has 0 aromatic carbocycles. The Hall–Kier alpha value is -3.35. The summed E-state index contributed by atoms with van der Waals surface area (Å²) in [6.07, 6.45) is 50.8. The van der Waals surface area contributed by atoms with Gasteiger partial charge in [0.1, 0.15) is 24.9 Å². The predicted octanol–water partition coefficient (Wildman–Crippen LogP) is 13.2. The molecule has 0 radical (unpaired) electrons. The van der Waals surface area contributed by atoms with Gasteiger partial charge in [-0.15, -0.1) is 0 Å². The third-order valence-corrected chi connectivity index (χ3v) is 12.0. The van der Waals surface area contributed by atoms with E-state index in [0.717, 1.165) is 83.5 Å². The van der Waals surface area contributed by atoms with Crippen LogP contribution in [0, 0.1) is 0 Å². The molecule has 11 nitrogen and oxygen atoms in total. The Morgan fingerprint density at radius 3 is 1.31 bits per heavy atom. The number of aliphatic hydroxyl groups is 3. The first-order valence-corrected chi connectivity index (χ1v) is 27.0. The third-order valence-electron chi connectivity index (χ3n) is 12.0. The van der Waals surface area contributed by atoms with Crippen LogP contribution in [0.4, 0.5) is 0 Å². The van der Waals surface area contributed by atoms with Crippen molar-refractivity contribution in [3.05, 3.63) is 72.9 Å². The zero-order valence-electron chi connectivity index (χ0n) is 42.6. The molecule has 1 heterocycles. The first kappa shape index (κ1) is 62.7. The summed E-state index contributed by atoms with van der Waals surface area (Å²) in [5.74, 6) is -2.45. The van der Waals surface area contributed by atoms with E-state index in [1.165, 1.54) is 96.3 Å². The number of carbonyl (C=O) groups is 3. The van der Waals surface area contributed by atoms with E-state index in [1.54, 1.807) is 0 Å². The van der Waals surface area contributed by atoms with Crippen molar-refractivity contribution in [3.8, 4) is 0 Å². The van der Waals surface area contributed by atoms with Crippen LogP contribution in [-0.4, -0.2) is 88.4 Å². The van der Waals surface area contributed by atoms with Crippen LogP contribution in [-0.2, 0) is 33.3 Å². The number of carboxylic acid groups (broad SMARTS) is 1. The maximum absolute atomic E-state index is 12.9. The fraction of sp³-hybridized carbons (Fsp3) is 0.737. The first-order valence-electron chi connectivity index (χ1n) is 27.0. The van der Waals surface area contributed by atoms with Crippen LogP contribution in [0.15, 0.2) is 72.9 Å². The lowest BCUT2D eigenvalue weighted by Gasteiger charge is -2.38. The van der Waals surface area contributed by atoms with Gasteiger partial charge in [-0.2, -0.15) is 0 Å². The minimum absolute atomic E-state index is 0.174. The van der Waals surface area contributed by atoms with Crippen LogP contribution >= 0.6 is 0 Å². The van der Waals surface area contributed by atoms with Crippen LogP contribution in [0.1, 0.15) is 219 Å². The van der Waals surface area contributed by atoms with E-state index in [9.17, 15) is 34.8 Å². The van der Waals surface area contributed by atoms with Gasteiger partial charge in [0.05, 0.1) is 6.61 Å². The molecule has 6 atom stereocenters. The number of aliphatic carboxylic acids is 1. The van der Waals surface area contributed by atoms with Gasteiger partial charge in [0.15, 0.2) is 18.5 Å². The second-order valence-corrected chi connectivity index (χ2v) is 18.3. The summed E-state index contributed by atoms with van der Waals surface area (Å²) in [5.41, 5.74) is 0. The highest BCUT2D eigenvalue weighted by molar-refractivity contribution is 5.73. The lowest BCUT2D eigenvalue weighted by molar-refractivity contribution is -0.298. The van der Waals surface area contributed by atoms with Crippen molar-refractivity contribution in [2.75, 3.05) is 13.2 Å². The molecule has 6 unspecified atom stereocenters. The van der Waals surface area contributed by atoms with Gasteiger partial charge in [-0.3, -0.25) is 9.59 Å². The molecule has 1 saturated heterocycles. The third kappa shape index (κ3) is 36.6. The number of ether oxygens (including phenoxy) is 4. The molecule has 68 heavy (non-hydrogen) atoms. The Labute approximate surface area is 412 Å². The van der Waals surface area contributed by atoms with Gasteiger partial charge in [-0.25, -0.2) is 4.79 Å². The van der Waals surface area contributed by atoms with Crippen molar-refractivity contribution in [2.24, 2.45) is 0 Å². The first-order chi connectivity index (χ1) is 33.2. The molecule has 0 aromatic rings. The summed E-state index contributed by atoms with van der Waals surface area (Å²) in [7, 11) is 0. The second-order valence-electron chi connectivity index (χ2n) is 18.3. The van der Waals surface area contributed by atoms with Gasteiger partial charge in [0, 0.05) is 12.8 Å². The summed E-state index contributed by atoms with van der Waals surface area (Å²) < 4.78 is 21.9. The van der Waals surface area contributed by atoms with Gasteiger partial charge in [0.25, 0.3) is 0 Å². The van der Waals surface area contributed by atoms with Crippen LogP contribution < -0.4 is 0 Å². The average Bonchev–Trinajstić information content (AvgIpc) is 3.32. The molecule has 0 amide bonds. The van der Waals surface area contributed by atoms with Gasteiger partial charge in [0.2, 0.25) is 0 Å². The minimum Gasteiger partial charge on any atom is -0.479 e. The molecule has 0 aromatic heterocycles. The average molecular weight is 957 g/mol. The summed E-state index contributed by atoms with van der Waals surface area (Å²) in [6, 6.07) is 0. The highest BCUT2D eigenvalue weighted by Gasteiger charge is 2.47. The van der Waals surface area contributed by atoms with Crippen molar-refractivity contribution in [1.82, 2.24) is 0 Å². The molecular formula is C57H96O11. The number of esters is 2. The van der Waals surface area contributed by atoms with Crippen molar-refractivity contribution in [2.45, 2.75) is 256 Å². The van der Waals surface area contributed by atoms with E-state index >= 15 is 0 Å². The van der Waals surface area contributed by atoms with E-state index in [0.29, 0.717) is 12.8 Å². The largest absolute Gasteiger partial charge is 0.479 e. The molecule has 11 heteroatoms.